The van der Waals surface area contributed by atoms with Crippen LogP contribution in [0.5, 0.6) is 0 Å². The van der Waals surface area contributed by atoms with Crippen LogP contribution < -0.4 is 11.3 Å². The van der Waals surface area contributed by atoms with E-state index >= 15 is 0 Å². The topological polar surface area (TPSA) is 71.2 Å². The molecule has 6 heteroatoms. The number of rotatable bonds is 6. The van der Waals surface area contributed by atoms with Crippen molar-refractivity contribution in [1.29, 1.82) is 0 Å². The number of aromatic nitrogens is 1. The average Bonchev–Trinajstić information content (AvgIpc) is 3.16. The highest BCUT2D eigenvalue weighted by Gasteiger charge is 2.32. The maximum Gasteiger partial charge on any atom is 0.277 e. The Morgan fingerprint density at radius 2 is 2.17 bits per heavy atom. The standard InChI is InChI=1S/C12H20N4OS/c1-3-16(4-2)7-9-14-10(8-5-6-8)11(18-9)12(17)15-13/h8H,3-7,13H2,1-2H3,(H,15,17). The van der Waals surface area contributed by atoms with Crippen LogP contribution in [0.1, 0.15) is 53.0 Å². The third kappa shape index (κ3) is 2.88. The lowest BCUT2D eigenvalue weighted by atomic mass is 10.2. The fraction of sp³-hybridized carbons (Fsp3) is 0.667. The highest BCUT2D eigenvalue weighted by atomic mass is 32.1. The van der Waals surface area contributed by atoms with E-state index in [9.17, 15) is 4.79 Å². The van der Waals surface area contributed by atoms with Gasteiger partial charge in [-0.1, -0.05) is 13.8 Å². The summed E-state index contributed by atoms with van der Waals surface area (Å²) in [5, 5.41) is 1.01. The number of nitrogen functional groups attached to an aromatic ring is 1. The lowest BCUT2D eigenvalue weighted by molar-refractivity contribution is 0.0956. The SMILES string of the molecule is CCN(CC)Cc1nc(C2CC2)c(C(=O)NN)s1. The predicted octanol–water partition coefficient (Wildman–Crippen LogP) is 1.47. The minimum atomic E-state index is -0.208. The molecule has 1 saturated carbocycles. The Morgan fingerprint density at radius 3 is 2.67 bits per heavy atom. The van der Waals surface area contributed by atoms with Gasteiger partial charge >= 0.3 is 0 Å². The number of hydrogen-bond acceptors (Lipinski definition) is 5. The molecule has 0 saturated heterocycles. The minimum absolute atomic E-state index is 0.208. The maximum absolute atomic E-state index is 11.7. The molecule has 1 aromatic rings. The zero-order valence-corrected chi connectivity index (χ0v) is 11.7. The number of nitrogens with two attached hydrogens (primary N) is 1. The van der Waals surface area contributed by atoms with Gasteiger partial charge in [0.25, 0.3) is 5.91 Å². The third-order valence-corrected chi connectivity index (χ3v) is 4.31. The number of amides is 1. The summed E-state index contributed by atoms with van der Waals surface area (Å²) in [6, 6.07) is 0. The second-order valence-electron chi connectivity index (χ2n) is 4.53. The number of carbonyl (C=O) groups excluding carboxylic acids is 1. The minimum Gasteiger partial charge on any atom is -0.297 e. The van der Waals surface area contributed by atoms with Crippen LogP contribution in [-0.2, 0) is 6.54 Å². The molecule has 0 aliphatic heterocycles. The molecule has 2 rings (SSSR count). The van der Waals surface area contributed by atoms with Crippen LogP contribution >= 0.6 is 11.3 Å². The molecule has 0 aromatic carbocycles. The Balaban J connectivity index is 2.19. The van der Waals surface area contributed by atoms with Crippen molar-refractivity contribution >= 4 is 17.2 Å². The third-order valence-electron chi connectivity index (χ3n) is 3.25. The number of hydrogen-bond donors (Lipinski definition) is 2. The van der Waals surface area contributed by atoms with E-state index in [-0.39, 0.29) is 5.91 Å². The first-order valence-corrected chi connectivity index (χ1v) is 7.24. The second-order valence-corrected chi connectivity index (χ2v) is 5.61. The van der Waals surface area contributed by atoms with Crippen LogP contribution in [0.15, 0.2) is 0 Å². The summed E-state index contributed by atoms with van der Waals surface area (Å²) in [6.07, 6.45) is 2.28. The number of nitrogens with zero attached hydrogens (tertiary/aromatic N) is 2. The van der Waals surface area contributed by atoms with E-state index in [2.05, 4.69) is 29.2 Å². The zero-order chi connectivity index (χ0) is 13.1. The van der Waals surface area contributed by atoms with E-state index in [0.29, 0.717) is 10.8 Å². The quantitative estimate of drug-likeness (QED) is 0.465. The summed E-state index contributed by atoms with van der Waals surface area (Å²) in [7, 11) is 0. The number of carbonyl (C=O) groups is 1. The van der Waals surface area contributed by atoms with E-state index < -0.39 is 0 Å². The van der Waals surface area contributed by atoms with Gasteiger partial charge in [0, 0.05) is 5.92 Å². The summed E-state index contributed by atoms with van der Waals surface area (Å²) in [5.41, 5.74) is 3.17. The summed E-state index contributed by atoms with van der Waals surface area (Å²) >= 11 is 1.47. The van der Waals surface area contributed by atoms with Crippen LogP contribution in [0.3, 0.4) is 0 Å². The van der Waals surface area contributed by atoms with E-state index in [1.807, 2.05) is 0 Å². The van der Waals surface area contributed by atoms with Gasteiger partial charge in [-0.3, -0.25) is 15.1 Å². The van der Waals surface area contributed by atoms with Crippen molar-refractivity contribution in [1.82, 2.24) is 15.3 Å². The van der Waals surface area contributed by atoms with Crippen molar-refractivity contribution < 1.29 is 4.79 Å². The van der Waals surface area contributed by atoms with Crippen molar-refractivity contribution in [2.75, 3.05) is 13.1 Å². The normalized spacial score (nSPS) is 15.1. The average molecular weight is 268 g/mol. The molecule has 0 spiro atoms. The smallest absolute Gasteiger partial charge is 0.277 e. The molecule has 5 nitrogen and oxygen atoms in total. The molecule has 18 heavy (non-hydrogen) atoms. The van der Waals surface area contributed by atoms with Crippen LogP contribution in [0.25, 0.3) is 0 Å². The molecule has 100 valence electrons. The first-order chi connectivity index (χ1) is 8.69. The molecular weight excluding hydrogens is 248 g/mol. The van der Waals surface area contributed by atoms with Crippen molar-refractivity contribution in [2.45, 2.75) is 39.2 Å². The van der Waals surface area contributed by atoms with Gasteiger partial charge in [-0.05, 0) is 25.9 Å². The Hall–Kier alpha value is -0.980. The number of nitrogens with one attached hydrogen (secondary N) is 1. The Bertz CT molecular complexity index is 424. The predicted molar refractivity (Wildman–Crippen MR) is 72.4 cm³/mol. The van der Waals surface area contributed by atoms with E-state index in [1.54, 1.807) is 0 Å². The van der Waals surface area contributed by atoms with Crippen molar-refractivity contribution in [3.63, 3.8) is 0 Å². The first kappa shape index (κ1) is 13.5. The van der Waals surface area contributed by atoms with Crippen molar-refractivity contribution in [3.8, 4) is 0 Å². The van der Waals surface area contributed by atoms with Gasteiger partial charge in [-0.25, -0.2) is 10.8 Å². The largest absolute Gasteiger partial charge is 0.297 e. The molecule has 1 fully saturated rings. The molecule has 0 radical (unpaired) electrons. The van der Waals surface area contributed by atoms with E-state index in [0.717, 1.165) is 43.2 Å². The lowest BCUT2D eigenvalue weighted by Crippen LogP contribution is -2.30. The number of hydrazine groups is 1. The highest BCUT2D eigenvalue weighted by molar-refractivity contribution is 7.13. The fourth-order valence-electron chi connectivity index (χ4n) is 1.95. The summed E-state index contributed by atoms with van der Waals surface area (Å²) < 4.78 is 0. The molecule has 0 atom stereocenters. The van der Waals surface area contributed by atoms with Gasteiger partial charge in [-0.15, -0.1) is 11.3 Å². The zero-order valence-electron chi connectivity index (χ0n) is 10.9. The van der Waals surface area contributed by atoms with Crippen molar-refractivity contribution in [3.05, 3.63) is 15.6 Å². The molecule has 3 N–H and O–H groups in total. The Labute approximate surface area is 111 Å². The second kappa shape index (κ2) is 5.77. The Morgan fingerprint density at radius 1 is 1.50 bits per heavy atom. The molecule has 1 aliphatic carbocycles. The number of thiazole rings is 1. The van der Waals surface area contributed by atoms with Gasteiger partial charge in [0.2, 0.25) is 0 Å². The highest BCUT2D eigenvalue weighted by Crippen LogP contribution is 2.42. The van der Waals surface area contributed by atoms with Gasteiger partial charge in [0.1, 0.15) is 9.88 Å². The molecule has 0 bridgehead atoms. The van der Waals surface area contributed by atoms with Crippen LogP contribution in [0, 0.1) is 0 Å². The van der Waals surface area contributed by atoms with Gasteiger partial charge in [0.15, 0.2) is 0 Å². The van der Waals surface area contributed by atoms with Crippen LogP contribution in [0.2, 0.25) is 0 Å². The summed E-state index contributed by atoms with van der Waals surface area (Å²) in [6.45, 7) is 7.06. The molecule has 1 aliphatic rings. The fourth-order valence-corrected chi connectivity index (χ4v) is 3.04. The maximum atomic E-state index is 11.7. The van der Waals surface area contributed by atoms with Gasteiger partial charge in [0.05, 0.1) is 12.2 Å². The summed E-state index contributed by atoms with van der Waals surface area (Å²) in [4.78, 5) is 19.4. The Kier molecular flexibility index (Phi) is 4.31. The van der Waals surface area contributed by atoms with Gasteiger partial charge in [-0.2, -0.15) is 0 Å². The molecule has 1 heterocycles. The molecular formula is C12H20N4OS. The van der Waals surface area contributed by atoms with Crippen molar-refractivity contribution in [2.24, 2.45) is 5.84 Å². The van der Waals surface area contributed by atoms with Crippen LogP contribution in [0.4, 0.5) is 0 Å². The monoisotopic (exact) mass is 268 g/mol. The molecule has 1 aromatic heterocycles. The molecule has 0 unspecified atom stereocenters. The first-order valence-electron chi connectivity index (χ1n) is 6.42. The lowest BCUT2D eigenvalue weighted by Gasteiger charge is -2.15. The van der Waals surface area contributed by atoms with E-state index in [1.165, 1.54) is 11.3 Å². The van der Waals surface area contributed by atoms with Gasteiger partial charge < -0.3 is 0 Å². The summed E-state index contributed by atoms with van der Waals surface area (Å²) in [5.74, 6) is 5.49. The van der Waals surface area contributed by atoms with Crippen LogP contribution in [-0.4, -0.2) is 28.9 Å². The van der Waals surface area contributed by atoms with E-state index in [4.69, 9.17) is 5.84 Å². The molecule has 1 amide bonds.